The normalized spacial score (nSPS) is 13.4. The molecule has 17 heavy (non-hydrogen) atoms. The first-order valence-corrected chi connectivity index (χ1v) is 6.05. The van der Waals surface area contributed by atoms with Crippen molar-refractivity contribution < 1.29 is 4.74 Å². The van der Waals surface area contributed by atoms with Crippen LogP contribution in [-0.4, -0.2) is 4.98 Å². The highest BCUT2D eigenvalue weighted by atomic mass is 16.5. The first kappa shape index (κ1) is 10.3. The summed E-state index contributed by atoms with van der Waals surface area (Å²) in [7, 11) is 0. The molecule has 0 N–H and O–H groups in total. The van der Waals surface area contributed by atoms with Gasteiger partial charge in [0, 0.05) is 12.4 Å². The van der Waals surface area contributed by atoms with Gasteiger partial charge in [0.1, 0.15) is 12.4 Å². The predicted octanol–water partition coefficient (Wildman–Crippen LogP) is 3.15. The fourth-order valence-electron chi connectivity index (χ4n) is 2.32. The van der Waals surface area contributed by atoms with Crippen molar-refractivity contribution in [2.24, 2.45) is 0 Å². The summed E-state index contributed by atoms with van der Waals surface area (Å²) < 4.78 is 5.71. The Morgan fingerprint density at radius 3 is 2.71 bits per heavy atom. The summed E-state index contributed by atoms with van der Waals surface area (Å²) >= 11 is 0. The van der Waals surface area contributed by atoms with Gasteiger partial charge in [0.05, 0.1) is 0 Å². The van der Waals surface area contributed by atoms with E-state index >= 15 is 0 Å². The molecule has 86 valence electrons. The molecule has 1 heterocycles. The molecule has 1 aromatic carbocycles. The molecule has 0 amide bonds. The van der Waals surface area contributed by atoms with Crippen LogP contribution in [0.5, 0.6) is 5.75 Å². The van der Waals surface area contributed by atoms with Crippen LogP contribution in [0.3, 0.4) is 0 Å². The van der Waals surface area contributed by atoms with E-state index < -0.39 is 0 Å². The number of ether oxygens (including phenoxy) is 1. The van der Waals surface area contributed by atoms with Crippen LogP contribution in [0.4, 0.5) is 0 Å². The van der Waals surface area contributed by atoms with Gasteiger partial charge in [-0.05, 0) is 48.1 Å². The third-order valence-corrected chi connectivity index (χ3v) is 3.22. The van der Waals surface area contributed by atoms with Crippen LogP contribution in [-0.2, 0) is 19.4 Å². The minimum absolute atomic E-state index is 0.636. The summed E-state index contributed by atoms with van der Waals surface area (Å²) in [4.78, 5) is 3.97. The number of hydrogen-bond acceptors (Lipinski definition) is 2. The highest BCUT2D eigenvalue weighted by Gasteiger charge is 2.10. The van der Waals surface area contributed by atoms with Crippen molar-refractivity contribution in [2.75, 3.05) is 0 Å². The number of pyridine rings is 1. The maximum Gasteiger partial charge on any atom is 0.122 e. The van der Waals surface area contributed by atoms with Crippen molar-refractivity contribution in [3.63, 3.8) is 0 Å². The molecule has 0 radical (unpaired) electrons. The van der Waals surface area contributed by atoms with Crippen LogP contribution < -0.4 is 4.74 Å². The Morgan fingerprint density at radius 2 is 1.82 bits per heavy atom. The van der Waals surface area contributed by atoms with E-state index in [1.54, 1.807) is 12.4 Å². The first-order valence-electron chi connectivity index (χ1n) is 6.05. The van der Waals surface area contributed by atoms with Gasteiger partial charge >= 0.3 is 0 Å². The maximum atomic E-state index is 5.71. The molecule has 2 nitrogen and oxygen atoms in total. The van der Waals surface area contributed by atoms with E-state index in [0.29, 0.717) is 6.61 Å². The smallest absolute Gasteiger partial charge is 0.122 e. The molecule has 0 unspecified atom stereocenters. The van der Waals surface area contributed by atoms with Gasteiger partial charge in [-0.1, -0.05) is 18.2 Å². The van der Waals surface area contributed by atoms with Crippen LogP contribution >= 0.6 is 0 Å². The highest BCUT2D eigenvalue weighted by Crippen LogP contribution is 2.23. The lowest BCUT2D eigenvalue weighted by molar-refractivity contribution is 0.306. The van der Waals surface area contributed by atoms with Gasteiger partial charge in [0.2, 0.25) is 0 Å². The largest absolute Gasteiger partial charge is 0.489 e. The zero-order chi connectivity index (χ0) is 11.5. The lowest BCUT2D eigenvalue weighted by Gasteiger charge is -2.07. The molecule has 2 heteroatoms. The Bertz CT molecular complexity index is 508. The molecular weight excluding hydrogens is 210 g/mol. The fraction of sp³-hybridized carbons (Fsp3) is 0.267. The predicted molar refractivity (Wildman–Crippen MR) is 67.0 cm³/mol. The monoisotopic (exact) mass is 225 g/mol. The molecule has 1 aliphatic carbocycles. The number of benzene rings is 1. The second-order valence-electron chi connectivity index (χ2n) is 4.43. The quantitative estimate of drug-likeness (QED) is 0.800. The number of hydrogen-bond donors (Lipinski definition) is 0. The zero-order valence-electron chi connectivity index (χ0n) is 9.73. The van der Waals surface area contributed by atoms with E-state index in [1.807, 2.05) is 12.1 Å². The summed E-state index contributed by atoms with van der Waals surface area (Å²) in [6.45, 7) is 0.636. The van der Waals surface area contributed by atoms with Crippen molar-refractivity contribution in [3.8, 4) is 5.75 Å². The molecule has 0 bridgehead atoms. The van der Waals surface area contributed by atoms with Crippen LogP contribution in [0.2, 0.25) is 0 Å². The van der Waals surface area contributed by atoms with Crippen molar-refractivity contribution in [2.45, 2.75) is 25.9 Å². The molecule has 0 aliphatic heterocycles. The van der Waals surface area contributed by atoms with Crippen LogP contribution in [0.1, 0.15) is 23.1 Å². The van der Waals surface area contributed by atoms with E-state index in [9.17, 15) is 0 Å². The maximum absolute atomic E-state index is 5.71. The fourth-order valence-corrected chi connectivity index (χ4v) is 2.32. The number of aromatic nitrogens is 1. The van der Waals surface area contributed by atoms with Crippen molar-refractivity contribution in [1.82, 2.24) is 4.98 Å². The Morgan fingerprint density at radius 1 is 1.00 bits per heavy atom. The third kappa shape index (κ3) is 2.31. The Hall–Kier alpha value is -1.83. The molecule has 1 aromatic heterocycles. The summed E-state index contributed by atoms with van der Waals surface area (Å²) in [5.41, 5.74) is 4.26. The van der Waals surface area contributed by atoms with E-state index in [0.717, 1.165) is 5.75 Å². The second kappa shape index (κ2) is 4.58. The highest BCUT2D eigenvalue weighted by molar-refractivity contribution is 5.35. The number of nitrogens with zero attached hydrogens (tertiary/aromatic N) is 1. The third-order valence-electron chi connectivity index (χ3n) is 3.22. The van der Waals surface area contributed by atoms with Crippen molar-refractivity contribution >= 4 is 0 Å². The number of fused-ring (bicyclic) bond motifs is 1. The van der Waals surface area contributed by atoms with E-state index in [2.05, 4.69) is 23.2 Å². The van der Waals surface area contributed by atoms with Crippen LogP contribution in [0.25, 0.3) is 0 Å². The van der Waals surface area contributed by atoms with Crippen molar-refractivity contribution in [3.05, 3.63) is 59.4 Å². The van der Waals surface area contributed by atoms with Gasteiger partial charge < -0.3 is 4.74 Å². The lowest BCUT2D eigenvalue weighted by Crippen LogP contribution is -1.96. The van der Waals surface area contributed by atoms with E-state index in [1.165, 1.54) is 36.0 Å². The Balaban J connectivity index is 1.70. The minimum Gasteiger partial charge on any atom is -0.489 e. The molecule has 3 rings (SSSR count). The molecule has 1 aliphatic rings. The van der Waals surface area contributed by atoms with Crippen LogP contribution in [0, 0.1) is 0 Å². The molecular formula is C15H15NO. The second-order valence-corrected chi connectivity index (χ2v) is 4.43. The summed E-state index contributed by atoms with van der Waals surface area (Å²) in [5, 5.41) is 0. The van der Waals surface area contributed by atoms with Gasteiger partial charge in [0.25, 0.3) is 0 Å². The van der Waals surface area contributed by atoms with E-state index in [4.69, 9.17) is 4.74 Å². The average molecular weight is 225 g/mol. The Labute approximate surface area is 101 Å². The standard InChI is InChI=1S/C15H15NO/c1-2-13-5-4-12(10-14(13)3-1)11-17-15-6-8-16-9-7-15/h4-10H,1-3,11H2. The van der Waals surface area contributed by atoms with Gasteiger partial charge in [-0.25, -0.2) is 0 Å². The topological polar surface area (TPSA) is 22.1 Å². The first-order chi connectivity index (χ1) is 8.42. The van der Waals surface area contributed by atoms with Gasteiger partial charge in [-0.15, -0.1) is 0 Å². The van der Waals surface area contributed by atoms with Gasteiger partial charge in [-0.3, -0.25) is 4.98 Å². The lowest BCUT2D eigenvalue weighted by atomic mass is 10.1. The minimum atomic E-state index is 0.636. The summed E-state index contributed by atoms with van der Waals surface area (Å²) in [5.74, 6) is 0.875. The molecule has 0 fully saturated rings. The molecule has 0 atom stereocenters. The number of rotatable bonds is 3. The molecule has 0 saturated carbocycles. The SMILES string of the molecule is c1cc(OCc2ccc3c(c2)CCC3)ccn1. The Kier molecular flexibility index (Phi) is 2.78. The molecule has 0 spiro atoms. The van der Waals surface area contributed by atoms with Crippen LogP contribution in [0.15, 0.2) is 42.7 Å². The van der Waals surface area contributed by atoms with Gasteiger partial charge in [-0.2, -0.15) is 0 Å². The van der Waals surface area contributed by atoms with Gasteiger partial charge in [0.15, 0.2) is 0 Å². The zero-order valence-corrected chi connectivity index (χ0v) is 9.73. The number of aryl methyl sites for hydroxylation is 2. The molecule has 0 saturated heterocycles. The molecule has 2 aromatic rings. The summed E-state index contributed by atoms with van der Waals surface area (Å²) in [6, 6.07) is 10.5. The van der Waals surface area contributed by atoms with Crippen molar-refractivity contribution in [1.29, 1.82) is 0 Å². The van der Waals surface area contributed by atoms with E-state index in [-0.39, 0.29) is 0 Å². The average Bonchev–Trinajstić information content (AvgIpc) is 2.85. The summed E-state index contributed by atoms with van der Waals surface area (Å²) in [6.07, 6.45) is 7.25.